The zero-order valence-electron chi connectivity index (χ0n) is 15.5. The van der Waals surface area contributed by atoms with E-state index in [0.717, 1.165) is 57.6 Å². The van der Waals surface area contributed by atoms with Crippen LogP contribution in [0, 0.1) is 5.92 Å². The second-order valence-electron chi connectivity index (χ2n) is 6.99. The molecule has 142 valence electrons. The molecule has 0 aromatic carbocycles. The van der Waals surface area contributed by atoms with E-state index in [9.17, 15) is 0 Å². The molecule has 6 nitrogen and oxygen atoms in total. The third-order valence-corrected chi connectivity index (χ3v) is 5.03. The van der Waals surface area contributed by atoms with Crippen LogP contribution >= 0.6 is 24.0 Å². The van der Waals surface area contributed by atoms with Crippen molar-refractivity contribution in [2.45, 2.75) is 38.2 Å². The Kier molecular flexibility index (Phi) is 10.5. The second-order valence-corrected chi connectivity index (χ2v) is 6.99. The number of hydrogen-bond acceptors (Lipinski definition) is 4. The van der Waals surface area contributed by atoms with E-state index in [1.54, 1.807) is 7.11 Å². The van der Waals surface area contributed by atoms with Crippen molar-refractivity contribution in [3.05, 3.63) is 0 Å². The van der Waals surface area contributed by atoms with Gasteiger partial charge in [-0.05, 0) is 51.6 Å². The molecule has 0 amide bonds. The Morgan fingerprint density at radius 1 is 1.33 bits per heavy atom. The van der Waals surface area contributed by atoms with Crippen LogP contribution in [0.5, 0.6) is 0 Å². The van der Waals surface area contributed by atoms with E-state index in [2.05, 4.69) is 27.4 Å². The van der Waals surface area contributed by atoms with Gasteiger partial charge in [-0.2, -0.15) is 0 Å². The van der Waals surface area contributed by atoms with Gasteiger partial charge in [-0.1, -0.05) is 0 Å². The van der Waals surface area contributed by atoms with E-state index in [-0.39, 0.29) is 29.6 Å². The number of halogens is 1. The van der Waals surface area contributed by atoms with Gasteiger partial charge in [-0.15, -0.1) is 24.0 Å². The summed E-state index contributed by atoms with van der Waals surface area (Å²) in [6.45, 7) is 9.11. The zero-order chi connectivity index (χ0) is 16.5. The Bertz CT molecular complexity index is 368. The number of nitrogens with one attached hydrogen (secondary N) is 2. The Balaban J connectivity index is 0.00000288. The molecule has 1 atom stereocenters. The summed E-state index contributed by atoms with van der Waals surface area (Å²) in [4.78, 5) is 6.82. The molecular weight excluding hydrogens is 419 g/mol. The summed E-state index contributed by atoms with van der Waals surface area (Å²) in [7, 11) is 3.60. The molecule has 2 saturated heterocycles. The normalized spacial score (nSPS) is 26.2. The van der Waals surface area contributed by atoms with Gasteiger partial charge >= 0.3 is 0 Å². The molecule has 0 aliphatic carbocycles. The SMILES string of the molecule is CN=C(NCC1CCN(CCOC)CC1)NCC1(C)CCCO1.I. The van der Waals surface area contributed by atoms with Crippen LogP contribution in [0.25, 0.3) is 0 Å². The Hall–Kier alpha value is -0.120. The number of rotatable bonds is 7. The molecule has 0 aromatic heterocycles. The largest absolute Gasteiger partial charge is 0.383 e. The van der Waals surface area contributed by atoms with Gasteiger partial charge in [0.1, 0.15) is 0 Å². The first-order chi connectivity index (χ1) is 11.1. The Morgan fingerprint density at radius 3 is 2.67 bits per heavy atom. The molecule has 2 rings (SSSR count). The van der Waals surface area contributed by atoms with Crippen molar-refractivity contribution in [2.24, 2.45) is 10.9 Å². The fraction of sp³-hybridized carbons (Fsp3) is 0.941. The summed E-state index contributed by atoms with van der Waals surface area (Å²) in [5, 5.41) is 6.89. The molecule has 2 fully saturated rings. The minimum atomic E-state index is -0.0374. The zero-order valence-corrected chi connectivity index (χ0v) is 17.8. The number of aliphatic imine (C=N–C) groups is 1. The van der Waals surface area contributed by atoms with Gasteiger partial charge in [0, 0.05) is 40.4 Å². The first-order valence-corrected chi connectivity index (χ1v) is 8.95. The lowest BCUT2D eigenvalue weighted by Gasteiger charge is -2.32. The third kappa shape index (κ3) is 7.41. The highest BCUT2D eigenvalue weighted by molar-refractivity contribution is 14.0. The molecule has 0 bridgehead atoms. The van der Waals surface area contributed by atoms with Gasteiger partial charge in [0.2, 0.25) is 0 Å². The van der Waals surface area contributed by atoms with Gasteiger partial charge in [0.25, 0.3) is 0 Å². The quantitative estimate of drug-likeness (QED) is 0.349. The summed E-state index contributed by atoms with van der Waals surface area (Å²) < 4.78 is 11.0. The molecule has 2 N–H and O–H groups in total. The molecule has 2 heterocycles. The molecule has 7 heteroatoms. The van der Waals surface area contributed by atoms with Crippen LogP contribution in [0.1, 0.15) is 32.6 Å². The van der Waals surface area contributed by atoms with E-state index >= 15 is 0 Å². The van der Waals surface area contributed by atoms with Crippen molar-refractivity contribution in [1.29, 1.82) is 0 Å². The van der Waals surface area contributed by atoms with Crippen LogP contribution in [0.2, 0.25) is 0 Å². The molecule has 2 aliphatic rings. The van der Waals surface area contributed by atoms with Gasteiger partial charge in [-0.3, -0.25) is 4.99 Å². The van der Waals surface area contributed by atoms with Gasteiger partial charge in [-0.25, -0.2) is 0 Å². The number of likely N-dealkylation sites (tertiary alicyclic amines) is 1. The topological polar surface area (TPSA) is 58.1 Å². The van der Waals surface area contributed by atoms with Crippen LogP contribution < -0.4 is 10.6 Å². The molecule has 0 saturated carbocycles. The fourth-order valence-corrected chi connectivity index (χ4v) is 3.34. The number of piperidine rings is 1. The standard InChI is InChI=1S/C17H34N4O2.HI/c1-17(7-4-11-23-17)14-20-16(18-2)19-13-15-5-8-21(9-6-15)10-12-22-3;/h15H,4-14H2,1-3H3,(H2,18,19,20);1H. The maximum Gasteiger partial charge on any atom is 0.191 e. The van der Waals surface area contributed by atoms with Gasteiger partial charge in [0.05, 0.1) is 12.2 Å². The van der Waals surface area contributed by atoms with Crippen LogP contribution in [0.4, 0.5) is 0 Å². The monoisotopic (exact) mass is 454 g/mol. The van der Waals surface area contributed by atoms with E-state index in [0.29, 0.717) is 0 Å². The first-order valence-electron chi connectivity index (χ1n) is 8.95. The van der Waals surface area contributed by atoms with Gasteiger partial charge < -0.3 is 25.0 Å². The van der Waals surface area contributed by atoms with Crippen molar-refractivity contribution in [3.63, 3.8) is 0 Å². The summed E-state index contributed by atoms with van der Waals surface area (Å²) in [5.41, 5.74) is -0.0374. The Morgan fingerprint density at radius 2 is 2.08 bits per heavy atom. The molecule has 24 heavy (non-hydrogen) atoms. The lowest BCUT2D eigenvalue weighted by Crippen LogP contribution is -2.47. The highest BCUT2D eigenvalue weighted by Crippen LogP contribution is 2.23. The maximum absolute atomic E-state index is 5.81. The number of guanidine groups is 1. The summed E-state index contributed by atoms with van der Waals surface area (Å²) >= 11 is 0. The lowest BCUT2D eigenvalue weighted by molar-refractivity contribution is 0.0242. The van der Waals surface area contributed by atoms with E-state index in [1.807, 2.05) is 7.05 Å². The third-order valence-electron chi connectivity index (χ3n) is 5.03. The van der Waals surface area contributed by atoms with E-state index in [4.69, 9.17) is 9.47 Å². The number of ether oxygens (including phenoxy) is 2. The molecule has 0 radical (unpaired) electrons. The van der Waals surface area contributed by atoms with Crippen molar-refractivity contribution in [1.82, 2.24) is 15.5 Å². The smallest absolute Gasteiger partial charge is 0.191 e. The summed E-state index contributed by atoms with van der Waals surface area (Å²) in [6, 6.07) is 0. The minimum Gasteiger partial charge on any atom is -0.383 e. The second kappa shape index (κ2) is 11.5. The average molecular weight is 454 g/mol. The Labute approximate surface area is 164 Å². The number of hydrogen-bond donors (Lipinski definition) is 2. The van der Waals surface area contributed by atoms with Crippen molar-refractivity contribution >= 4 is 29.9 Å². The first kappa shape index (κ1) is 21.9. The van der Waals surface area contributed by atoms with Crippen LogP contribution in [-0.4, -0.2) is 76.6 Å². The van der Waals surface area contributed by atoms with Crippen molar-refractivity contribution in [2.75, 3.05) is 60.1 Å². The minimum absolute atomic E-state index is 0. The highest BCUT2D eigenvalue weighted by Gasteiger charge is 2.29. The molecule has 0 aromatic rings. The highest BCUT2D eigenvalue weighted by atomic mass is 127. The average Bonchev–Trinajstić information content (AvgIpc) is 3.01. The summed E-state index contributed by atoms with van der Waals surface area (Å²) in [6.07, 6.45) is 4.77. The summed E-state index contributed by atoms with van der Waals surface area (Å²) in [5.74, 6) is 1.62. The fourth-order valence-electron chi connectivity index (χ4n) is 3.34. The van der Waals surface area contributed by atoms with E-state index < -0.39 is 0 Å². The molecule has 0 spiro atoms. The van der Waals surface area contributed by atoms with E-state index in [1.165, 1.54) is 25.9 Å². The predicted octanol–water partition coefficient (Wildman–Crippen LogP) is 1.70. The number of nitrogens with zero attached hydrogens (tertiary/aromatic N) is 2. The van der Waals surface area contributed by atoms with Crippen LogP contribution in [-0.2, 0) is 9.47 Å². The van der Waals surface area contributed by atoms with Crippen LogP contribution in [0.3, 0.4) is 0 Å². The van der Waals surface area contributed by atoms with Crippen LogP contribution in [0.15, 0.2) is 4.99 Å². The number of methoxy groups -OCH3 is 1. The van der Waals surface area contributed by atoms with Crippen molar-refractivity contribution < 1.29 is 9.47 Å². The van der Waals surface area contributed by atoms with Crippen molar-refractivity contribution in [3.8, 4) is 0 Å². The molecule has 1 unspecified atom stereocenters. The maximum atomic E-state index is 5.81. The predicted molar refractivity (Wildman–Crippen MR) is 109 cm³/mol. The molecule has 2 aliphatic heterocycles. The lowest BCUT2D eigenvalue weighted by atomic mass is 9.97. The van der Waals surface area contributed by atoms with Gasteiger partial charge in [0.15, 0.2) is 5.96 Å². The molecular formula is C17H35IN4O2.